The lowest BCUT2D eigenvalue weighted by atomic mass is 10.2. The maximum Gasteiger partial charge on any atom is 0.340 e. The Morgan fingerprint density at radius 1 is 1.08 bits per heavy atom. The first-order chi connectivity index (χ1) is 11.6. The van der Waals surface area contributed by atoms with E-state index in [1.165, 1.54) is 18.4 Å². The highest BCUT2D eigenvalue weighted by Crippen LogP contribution is 2.30. The summed E-state index contributed by atoms with van der Waals surface area (Å²) in [6.07, 6.45) is 0. The highest BCUT2D eigenvalue weighted by molar-refractivity contribution is 7.14. The Kier molecular flexibility index (Phi) is 6.20. The van der Waals surface area contributed by atoms with Crippen molar-refractivity contribution in [3.8, 4) is 11.5 Å². The molecule has 1 N–H and O–H groups in total. The number of benzene rings is 1. The zero-order chi connectivity index (χ0) is 17.5. The molecule has 0 spiro atoms. The summed E-state index contributed by atoms with van der Waals surface area (Å²) in [5, 5.41) is 4.88. The predicted octanol–water partition coefficient (Wildman–Crippen LogP) is 3.58. The van der Waals surface area contributed by atoms with Gasteiger partial charge in [0.2, 0.25) is 0 Å². The van der Waals surface area contributed by atoms with Crippen LogP contribution in [0.4, 0.5) is 5.00 Å². The number of carbonyl (C=O) groups is 2. The summed E-state index contributed by atoms with van der Waals surface area (Å²) in [6, 6.07) is 6.57. The van der Waals surface area contributed by atoms with Crippen molar-refractivity contribution in [3.63, 3.8) is 0 Å². The molecule has 0 atom stereocenters. The second kappa shape index (κ2) is 8.35. The van der Waals surface area contributed by atoms with Gasteiger partial charge in [0.05, 0.1) is 25.9 Å². The lowest BCUT2D eigenvalue weighted by Crippen LogP contribution is -2.14. The molecule has 24 heavy (non-hydrogen) atoms. The number of rotatable bonds is 7. The van der Waals surface area contributed by atoms with E-state index in [0.29, 0.717) is 40.8 Å². The summed E-state index contributed by atoms with van der Waals surface area (Å²) >= 11 is 1.25. The normalized spacial score (nSPS) is 10.1. The molecular formula is C17H19NO5S. The molecule has 1 aromatic carbocycles. The Morgan fingerprint density at radius 3 is 2.46 bits per heavy atom. The van der Waals surface area contributed by atoms with E-state index in [0.717, 1.165) is 0 Å². The van der Waals surface area contributed by atoms with E-state index in [9.17, 15) is 9.59 Å². The van der Waals surface area contributed by atoms with Crippen molar-refractivity contribution < 1.29 is 23.8 Å². The van der Waals surface area contributed by atoms with Gasteiger partial charge in [0.15, 0.2) is 11.5 Å². The summed E-state index contributed by atoms with van der Waals surface area (Å²) in [6.45, 7) is 4.70. The van der Waals surface area contributed by atoms with Crippen molar-refractivity contribution in [3.05, 3.63) is 40.8 Å². The molecule has 2 aromatic rings. The summed E-state index contributed by atoms with van der Waals surface area (Å²) < 4.78 is 15.7. The smallest absolute Gasteiger partial charge is 0.340 e. The summed E-state index contributed by atoms with van der Waals surface area (Å²) in [4.78, 5) is 24.1. The molecule has 0 radical (unpaired) electrons. The first-order valence-electron chi connectivity index (χ1n) is 7.47. The molecule has 6 nitrogen and oxygen atoms in total. The van der Waals surface area contributed by atoms with E-state index in [1.54, 1.807) is 29.6 Å². The SMILES string of the molecule is CCOc1ccc(C(=O)Nc2sccc2C(=O)OC)cc1OCC. The monoisotopic (exact) mass is 349 g/mol. The van der Waals surface area contributed by atoms with Crippen LogP contribution >= 0.6 is 11.3 Å². The van der Waals surface area contributed by atoms with Gasteiger partial charge in [0.1, 0.15) is 5.00 Å². The maximum absolute atomic E-state index is 12.4. The number of thiophene rings is 1. The van der Waals surface area contributed by atoms with Crippen LogP contribution in [0.15, 0.2) is 29.6 Å². The van der Waals surface area contributed by atoms with E-state index in [-0.39, 0.29) is 5.91 Å². The molecule has 128 valence electrons. The molecule has 2 rings (SSSR count). The number of carbonyl (C=O) groups excluding carboxylic acids is 2. The molecule has 0 bridgehead atoms. The Balaban J connectivity index is 2.22. The molecule has 1 amide bonds. The molecular weight excluding hydrogens is 330 g/mol. The van der Waals surface area contributed by atoms with Gasteiger partial charge in [-0.3, -0.25) is 4.79 Å². The fourth-order valence-corrected chi connectivity index (χ4v) is 2.81. The highest BCUT2D eigenvalue weighted by Gasteiger charge is 2.17. The van der Waals surface area contributed by atoms with Crippen LogP contribution in [0, 0.1) is 0 Å². The van der Waals surface area contributed by atoms with Crippen molar-refractivity contribution in [2.45, 2.75) is 13.8 Å². The largest absolute Gasteiger partial charge is 0.490 e. The van der Waals surface area contributed by atoms with E-state index in [1.807, 2.05) is 13.8 Å². The minimum atomic E-state index is -0.492. The number of esters is 1. The Bertz CT molecular complexity index is 726. The number of nitrogens with one attached hydrogen (secondary N) is 1. The first kappa shape index (κ1) is 17.8. The van der Waals surface area contributed by atoms with Crippen molar-refractivity contribution in [2.24, 2.45) is 0 Å². The number of amides is 1. The van der Waals surface area contributed by atoms with Crippen molar-refractivity contribution >= 4 is 28.2 Å². The van der Waals surface area contributed by atoms with Crippen molar-refractivity contribution in [1.82, 2.24) is 0 Å². The van der Waals surface area contributed by atoms with Crippen molar-refractivity contribution in [1.29, 1.82) is 0 Å². The van der Waals surface area contributed by atoms with Crippen LogP contribution < -0.4 is 14.8 Å². The third-order valence-corrected chi connectivity index (χ3v) is 3.93. The van der Waals surface area contributed by atoms with E-state index < -0.39 is 5.97 Å². The first-order valence-corrected chi connectivity index (χ1v) is 8.35. The van der Waals surface area contributed by atoms with Gasteiger partial charge in [-0.25, -0.2) is 4.79 Å². The number of anilines is 1. The van der Waals surface area contributed by atoms with Crippen LogP contribution in [0.3, 0.4) is 0 Å². The van der Waals surface area contributed by atoms with Crippen LogP contribution in [-0.4, -0.2) is 32.2 Å². The lowest BCUT2D eigenvalue weighted by Gasteiger charge is -2.12. The molecule has 0 saturated carbocycles. The second-order valence-corrected chi connectivity index (χ2v) is 5.55. The van der Waals surface area contributed by atoms with E-state index in [4.69, 9.17) is 14.2 Å². The minimum absolute atomic E-state index is 0.326. The summed E-state index contributed by atoms with van der Waals surface area (Å²) in [7, 11) is 1.30. The van der Waals surface area contributed by atoms with Crippen LogP contribution in [0.25, 0.3) is 0 Å². The van der Waals surface area contributed by atoms with Crippen LogP contribution in [-0.2, 0) is 4.74 Å². The Morgan fingerprint density at radius 2 is 1.79 bits per heavy atom. The predicted molar refractivity (Wildman–Crippen MR) is 92.4 cm³/mol. The van der Waals surface area contributed by atoms with Gasteiger partial charge in [-0.2, -0.15) is 0 Å². The van der Waals surface area contributed by atoms with Crippen LogP contribution in [0.2, 0.25) is 0 Å². The lowest BCUT2D eigenvalue weighted by molar-refractivity contribution is 0.0602. The molecule has 0 fully saturated rings. The molecule has 0 saturated heterocycles. The highest BCUT2D eigenvalue weighted by atomic mass is 32.1. The molecule has 0 unspecified atom stereocenters. The number of hydrogen-bond acceptors (Lipinski definition) is 6. The van der Waals surface area contributed by atoms with Crippen LogP contribution in [0.5, 0.6) is 11.5 Å². The standard InChI is InChI=1S/C17H19NO5S/c1-4-22-13-7-6-11(10-14(13)23-5-2)15(19)18-16-12(8-9-24-16)17(20)21-3/h6-10H,4-5H2,1-3H3,(H,18,19). The number of ether oxygens (including phenoxy) is 3. The zero-order valence-corrected chi connectivity index (χ0v) is 14.6. The third kappa shape index (κ3) is 4.05. The maximum atomic E-state index is 12.4. The van der Waals surface area contributed by atoms with Gasteiger partial charge in [-0.05, 0) is 43.5 Å². The molecule has 0 aliphatic heterocycles. The van der Waals surface area contributed by atoms with Gasteiger partial charge in [-0.1, -0.05) is 0 Å². The third-order valence-electron chi connectivity index (χ3n) is 3.10. The molecule has 1 heterocycles. The van der Waals surface area contributed by atoms with Gasteiger partial charge in [0, 0.05) is 5.56 Å². The zero-order valence-electron chi connectivity index (χ0n) is 13.8. The average molecular weight is 349 g/mol. The average Bonchev–Trinajstić information content (AvgIpc) is 3.04. The van der Waals surface area contributed by atoms with E-state index in [2.05, 4.69) is 5.32 Å². The summed E-state index contributed by atoms with van der Waals surface area (Å²) in [5.74, 6) is 0.258. The Hall–Kier alpha value is -2.54. The van der Waals surface area contributed by atoms with Gasteiger partial charge in [0.25, 0.3) is 5.91 Å². The van der Waals surface area contributed by atoms with Gasteiger partial charge in [-0.15, -0.1) is 11.3 Å². The second-order valence-electron chi connectivity index (χ2n) is 4.64. The molecule has 1 aromatic heterocycles. The molecule has 0 aliphatic carbocycles. The Labute approximate surface area is 144 Å². The molecule has 7 heteroatoms. The fraction of sp³-hybridized carbons (Fsp3) is 0.294. The van der Waals surface area contributed by atoms with E-state index >= 15 is 0 Å². The minimum Gasteiger partial charge on any atom is -0.490 e. The van der Waals surface area contributed by atoms with Gasteiger partial charge < -0.3 is 19.5 Å². The van der Waals surface area contributed by atoms with Gasteiger partial charge >= 0.3 is 5.97 Å². The topological polar surface area (TPSA) is 73.9 Å². The van der Waals surface area contributed by atoms with Crippen LogP contribution in [0.1, 0.15) is 34.6 Å². The van der Waals surface area contributed by atoms with Crippen molar-refractivity contribution in [2.75, 3.05) is 25.6 Å². The molecule has 0 aliphatic rings. The quantitative estimate of drug-likeness (QED) is 0.773. The summed E-state index contributed by atoms with van der Waals surface area (Å²) in [5.41, 5.74) is 0.734. The number of methoxy groups -OCH3 is 1. The number of hydrogen-bond donors (Lipinski definition) is 1. The fourth-order valence-electron chi connectivity index (χ4n) is 2.04.